The molecular formula is C37H57N3O. The number of benzene rings is 2. The molecule has 5 rings (SSSR count). The second-order valence-electron chi connectivity index (χ2n) is 15.8. The summed E-state index contributed by atoms with van der Waals surface area (Å²) in [5.41, 5.74) is 7.45. The number of hydrogen-bond donors (Lipinski definition) is 1. The van der Waals surface area contributed by atoms with Crippen molar-refractivity contribution >= 4 is 0 Å². The smallest absolute Gasteiger partial charge is 0.0889 e. The van der Waals surface area contributed by atoms with Crippen LogP contribution in [-0.2, 0) is 4.74 Å². The molecule has 3 aliphatic rings. The summed E-state index contributed by atoms with van der Waals surface area (Å²) in [6.07, 6.45) is 1.24. The average molecular weight is 560 g/mol. The largest absolute Gasteiger partial charge is 0.368 e. The lowest BCUT2D eigenvalue weighted by molar-refractivity contribution is -0.154. The molecular weight excluding hydrogens is 502 g/mol. The molecule has 3 fully saturated rings. The number of nitrogens with one attached hydrogen (secondary N) is 1. The van der Waals surface area contributed by atoms with Gasteiger partial charge in [0.25, 0.3) is 0 Å². The number of nitrogens with zero attached hydrogens (tertiary/aromatic N) is 2. The molecule has 1 aliphatic carbocycles. The van der Waals surface area contributed by atoms with Crippen molar-refractivity contribution in [2.45, 2.75) is 135 Å². The van der Waals surface area contributed by atoms with E-state index in [2.05, 4.69) is 134 Å². The first-order valence-electron chi connectivity index (χ1n) is 16.3. The van der Waals surface area contributed by atoms with Crippen LogP contribution in [0.15, 0.2) is 42.5 Å². The lowest BCUT2D eigenvalue weighted by Crippen LogP contribution is -2.57. The van der Waals surface area contributed by atoms with Crippen LogP contribution in [0, 0.1) is 0 Å². The van der Waals surface area contributed by atoms with Crippen LogP contribution in [0.5, 0.6) is 0 Å². The second kappa shape index (κ2) is 11.1. The predicted octanol–water partition coefficient (Wildman–Crippen LogP) is 8.16. The van der Waals surface area contributed by atoms with Crippen molar-refractivity contribution in [3.8, 4) is 0 Å². The summed E-state index contributed by atoms with van der Waals surface area (Å²) < 4.78 is 7.13. The van der Waals surface area contributed by atoms with Gasteiger partial charge in [-0.2, -0.15) is 0 Å². The summed E-state index contributed by atoms with van der Waals surface area (Å²) in [6, 6.07) is 17.2. The molecule has 0 amide bonds. The zero-order chi connectivity index (χ0) is 29.9. The van der Waals surface area contributed by atoms with Gasteiger partial charge in [-0.3, -0.25) is 9.80 Å². The SMILES string of the molecule is CC(C)c1cc(C2CC23CN(C(C)(C)C)C(c2ccccc2C(C)C)C(C)O3)ccc1C1CNCCN1C(C)(C)C. The van der Waals surface area contributed by atoms with Crippen LogP contribution in [-0.4, -0.2) is 58.8 Å². The Morgan fingerprint density at radius 2 is 1.51 bits per heavy atom. The first-order valence-corrected chi connectivity index (χ1v) is 16.3. The Labute approximate surface area is 251 Å². The van der Waals surface area contributed by atoms with Gasteiger partial charge in [-0.1, -0.05) is 70.2 Å². The Kier molecular flexibility index (Phi) is 8.31. The topological polar surface area (TPSA) is 27.7 Å². The highest BCUT2D eigenvalue weighted by Crippen LogP contribution is 2.60. The van der Waals surface area contributed by atoms with E-state index < -0.39 is 0 Å². The first kappa shape index (κ1) is 30.7. The third-order valence-electron chi connectivity index (χ3n) is 10.1. The number of ether oxygens (including phenoxy) is 1. The van der Waals surface area contributed by atoms with Gasteiger partial charge in [0.05, 0.1) is 17.7 Å². The van der Waals surface area contributed by atoms with Crippen LogP contribution in [0.3, 0.4) is 0 Å². The minimum Gasteiger partial charge on any atom is -0.368 e. The molecule has 2 heterocycles. The maximum Gasteiger partial charge on any atom is 0.0889 e. The van der Waals surface area contributed by atoms with Crippen molar-refractivity contribution in [3.63, 3.8) is 0 Å². The highest BCUT2D eigenvalue weighted by atomic mass is 16.5. The maximum absolute atomic E-state index is 7.13. The number of rotatable bonds is 5. The van der Waals surface area contributed by atoms with Gasteiger partial charge in [0, 0.05) is 49.2 Å². The molecule has 2 saturated heterocycles. The Morgan fingerprint density at radius 1 is 0.854 bits per heavy atom. The van der Waals surface area contributed by atoms with Crippen LogP contribution in [0.4, 0.5) is 0 Å². The molecule has 0 bridgehead atoms. The Morgan fingerprint density at radius 3 is 2.15 bits per heavy atom. The maximum atomic E-state index is 7.13. The van der Waals surface area contributed by atoms with Gasteiger partial charge >= 0.3 is 0 Å². The van der Waals surface area contributed by atoms with E-state index in [4.69, 9.17) is 4.74 Å². The fourth-order valence-corrected chi connectivity index (χ4v) is 7.90. The standard InChI is InChI=1S/C37H57N3O/c1-24(2)28-14-12-13-15-30(28)34-26(5)41-37(23-40(34)36(9,10)11)21-32(37)27-16-17-29(31(20-27)25(3)4)33-22-38-18-19-39(33)35(6,7)8/h12-17,20,24-26,32-34,38H,18-19,21-23H2,1-11H3. The third kappa shape index (κ3) is 5.92. The van der Waals surface area contributed by atoms with Crippen molar-refractivity contribution in [1.82, 2.24) is 15.1 Å². The summed E-state index contributed by atoms with van der Waals surface area (Å²) >= 11 is 0. The third-order valence-corrected chi connectivity index (χ3v) is 10.1. The fourth-order valence-electron chi connectivity index (χ4n) is 7.90. The molecule has 2 aromatic carbocycles. The van der Waals surface area contributed by atoms with Crippen LogP contribution >= 0.6 is 0 Å². The van der Waals surface area contributed by atoms with Gasteiger partial charge in [0.2, 0.25) is 0 Å². The molecule has 226 valence electrons. The quantitative estimate of drug-likeness (QED) is 0.400. The van der Waals surface area contributed by atoms with Crippen molar-refractivity contribution in [2.75, 3.05) is 26.2 Å². The van der Waals surface area contributed by atoms with E-state index in [-0.39, 0.29) is 28.8 Å². The monoisotopic (exact) mass is 559 g/mol. The van der Waals surface area contributed by atoms with Crippen molar-refractivity contribution in [2.24, 2.45) is 0 Å². The molecule has 1 saturated carbocycles. The summed E-state index contributed by atoms with van der Waals surface area (Å²) in [5, 5.41) is 3.68. The molecule has 2 aromatic rings. The van der Waals surface area contributed by atoms with Gasteiger partial charge < -0.3 is 10.1 Å². The number of morpholine rings is 1. The molecule has 4 nitrogen and oxygen atoms in total. The van der Waals surface area contributed by atoms with Gasteiger partial charge in [-0.05, 0) is 94.5 Å². The minimum absolute atomic E-state index is 0.0459. The van der Waals surface area contributed by atoms with E-state index in [0.717, 1.165) is 32.6 Å². The van der Waals surface area contributed by atoms with Crippen molar-refractivity contribution < 1.29 is 4.74 Å². The number of hydrogen-bond acceptors (Lipinski definition) is 4. The minimum atomic E-state index is -0.102. The Balaban J connectivity index is 1.46. The first-order chi connectivity index (χ1) is 19.1. The van der Waals surface area contributed by atoms with Crippen molar-refractivity contribution in [1.29, 1.82) is 0 Å². The average Bonchev–Trinajstić information content (AvgIpc) is 3.59. The van der Waals surface area contributed by atoms with E-state index in [1.807, 2.05) is 0 Å². The van der Waals surface area contributed by atoms with Gasteiger partial charge in [0.1, 0.15) is 0 Å². The van der Waals surface area contributed by atoms with E-state index >= 15 is 0 Å². The molecule has 41 heavy (non-hydrogen) atoms. The molecule has 1 N–H and O–H groups in total. The molecule has 2 aliphatic heterocycles. The lowest BCUT2D eigenvalue weighted by Gasteiger charge is -2.51. The van der Waals surface area contributed by atoms with E-state index in [9.17, 15) is 0 Å². The molecule has 0 radical (unpaired) electrons. The van der Waals surface area contributed by atoms with Gasteiger partial charge in [-0.25, -0.2) is 0 Å². The molecule has 0 aromatic heterocycles. The van der Waals surface area contributed by atoms with Crippen LogP contribution in [0.2, 0.25) is 0 Å². The molecule has 4 heteroatoms. The van der Waals surface area contributed by atoms with Gasteiger partial charge in [0.15, 0.2) is 0 Å². The Bertz CT molecular complexity index is 1220. The Hall–Kier alpha value is -1.72. The van der Waals surface area contributed by atoms with Gasteiger partial charge in [-0.15, -0.1) is 0 Å². The summed E-state index contributed by atoms with van der Waals surface area (Å²) in [7, 11) is 0. The summed E-state index contributed by atoms with van der Waals surface area (Å²) in [5.74, 6) is 1.43. The van der Waals surface area contributed by atoms with E-state index in [0.29, 0.717) is 23.8 Å². The van der Waals surface area contributed by atoms with E-state index in [1.54, 1.807) is 0 Å². The normalized spacial score (nSPS) is 30.0. The highest BCUT2D eigenvalue weighted by molar-refractivity contribution is 5.43. The second-order valence-corrected chi connectivity index (χ2v) is 15.8. The number of piperazine rings is 1. The molecule has 5 atom stereocenters. The highest BCUT2D eigenvalue weighted by Gasteiger charge is 2.62. The lowest BCUT2D eigenvalue weighted by atomic mass is 9.85. The van der Waals surface area contributed by atoms with Crippen LogP contribution in [0.25, 0.3) is 0 Å². The zero-order valence-corrected chi connectivity index (χ0v) is 27.8. The van der Waals surface area contributed by atoms with E-state index in [1.165, 1.54) is 27.8 Å². The summed E-state index contributed by atoms with van der Waals surface area (Å²) in [6.45, 7) is 30.0. The van der Waals surface area contributed by atoms with Crippen LogP contribution < -0.4 is 5.32 Å². The fraction of sp³-hybridized carbons (Fsp3) is 0.676. The molecule has 5 unspecified atom stereocenters. The van der Waals surface area contributed by atoms with Crippen molar-refractivity contribution in [3.05, 3.63) is 70.3 Å². The summed E-state index contributed by atoms with van der Waals surface area (Å²) in [4.78, 5) is 5.46. The zero-order valence-electron chi connectivity index (χ0n) is 27.8. The molecule has 1 spiro atoms. The predicted molar refractivity (Wildman–Crippen MR) is 173 cm³/mol. The van der Waals surface area contributed by atoms with Crippen LogP contribution in [0.1, 0.15) is 140 Å².